The first-order valence-electron chi connectivity index (χ1n) is 9.92. The molecule has 0 aliphatic heterocycles. The molecule has 0 spiro atoms. The van der Waals surface area contributed by atoms with Crippen molar-refractivity contribution in [3.05, 3.63) is 69.1 Å². The van der Waals surface area contributed by atoms with Crippen LogP contribution in [0.25, 0.3) is 5.82 Å². The van der Waals surface area contributed by atoms with E-state index in [2.05, 4.69) is 20.1 Å². The van der Waals surface area contributed by atoms with Crippen LogP contribution in [0.2, 0.25) is 10.0 Å². The minimum absolute atomic E-state index is 0.0260. The van der Waals surface area contributed by atoms with Gasteiger partial charge < -0.3 is 5.32 Å². The minimum Gasteiger partial charge on any atom is -0.320 e. The summed E-state index contributed by atoms with van der Waals surface area (Å²) >= 11 is 12.2. The summed E-state index contributed by atoms with van der Waals surface area (Å²) in [5, 5.41) is 6.63. The van der Waals surface area contributed by atoms with Crippen LogP contribution in [-0.2, 0) is 11.0 Å². The van der Waals surface area contributed by atoms with Crippen LogP contribution in [-0.4, -0.2) is 36.5 Å². The third-order valence-electron chi connectivity index (χ3n) is 4.50. The number of aromatic nitrogens is 3. The monoisotopic (exact) mass is 529 g/mol. The van der Waals surface area contributed by atoms with Gasteiger partial charge >= 0.3 is 0 Å². The Labute approximate surface area is 206 Å². The predicted octanol–water partition coefficient (Wildman–Crippen LogP) is 4.88. The van der Waals surface area contributed by atoms with Crippen molar-refractivity contribution in [3.63, 3.8) is 0 Å². The Hall–Kier alpha value is -2.89. The maximum atomic E-state index is 13.4. The summed E-state index contributed by atoms with van der Waals surface area (Å²) in [5.41, 5.74) is -0.500. The van der Waals surface area contributed by atoms with Gasteiger partial charge in [-0.15, -0.1) is 0 Å². The highest BCUT2D eigenvalue weighted by Gasteiger charge is 2.25. The van der Waals surface area contributed by atoms with E-state index in [-0.39, 0.29) is 38.6 Å². The van der Waals surface area contributed by atoms with Crippen molar-refractivity contribution in [1.29, 1.82) is 0 Å². The SMILES string of the molecule is CCCS(=O)NC(=O)c1cc(Cl)cc(C)c1NC(=O)c1cc(C(F)F)nn1-c1ncccc1Cl. The van der Waals surface area contributed by atoms with Gasteiger partial charge in [0.05, 0.1) is 16.3 Å². The summed E-state index contributed by atoms with van der Waals surface area (Å²) in [6.45, 7) is 3.41. The van der Waals surface area contributed by atoms with Crippen LogP contribution in [0.5, 0.6) is 0 Å². The molecule has 0 fully saturated rings. The molecular formula is C21H19Cl2F2N5O3S. The van der Waals surface area contributed by atoms with Gasteiger partial charge in [0.2, 0.25) is 0 Å². The summed E-state index contributed by atoms with van der Waals surface area (Å²) in [7, 11) is -1.63. The Morgan fingerprint density at radius 3 is 2.59 bits per heavy atom. The van der Waals surface area contributed by atoms with Crippen LogP contribution < -0.4 is 10.0 Å². The molecule has 3 rings (SSSR count). The van der Waals surface area contributed by atoms with Crippen molar-refractivity contribution in [1.82, 2.24) is 19.5 Å². The lowest BCUT2D eigenvalue weighted by molar-refractivity contribution is 0.0983. The second-order valence-corrected chi connectivity index (χ2v) is 9.20. The van der Waals surface area contributed by atoms with Crippen LogP contribution in [0.1, 0.15) is 51.9 Å². The van der Waals surface area contributed by atoms with Crippen molar-refractivity contribution >= 4 is 51.7 Å². The van der Waals surface area contributed by atoms with Gasteiger partial charge in [0.15, 0.2) is 5.82 Å². The van der Waals surface area contributed by atoms with Gasteiger partial charge in [-0.1, -0.05) is 30.1 Å². The van der Waals surface area contributed by atoms with Crippen molar-refractivity contribution < 1.29 is 22.6 Å². The zero-order valence-electron chi connectivity index (χ0n) is 17.9. The van der Waals surface area contributed by atoms with E-state index < -0.39 is 34.9 Å². The third kappa shape index (κ3) is 5.78. The number of anilines is 1. The van der Waals surface area contributed by atoms with E-state index in [1.54, 1.807) is 6.92 Å². The summed E-state index contributed by atoms with van der Waals surface area (Å²) in [6.07, 6.45) is -1.01. The van der Waals surface area contributed by atoms with Crippen molar-refractivity contribution in [2.24, 2.45) is 0 Å². The van der Waals surface area contributed by atoms with E-state index >= 15 is 0 Å². The Kier molecular flexibility index (Phi) is 8.34. The van der Waals surface area contributed by atoms with E-state index in [1.165, 1.54) is 30.5 Å². The molecule has 1 unspecified atom stereocenters. The molecule has 0 bridgehead atoms. The maximum absolute atomic E-state index is 13.4. The molecule has 3 aromatic rings. The molecule has 0 radical (unpaired) electrons. The topological polar surface area (TPSA) is 106 Å². The van der Waals surface area contributed by atoms with Crippen molar-refractivity contribution in [2.45, 2.75) is 26.7 Å². The number of amides is 2. The molecule has 0 saturated carbocycles. The molecule has 2 heterocycles. The second-order valence-electron chi connectivity index (χ2n) is 7.06. The fraction of sp³-hybridized carbons (Fsp3) is 0.238. The van der Waals surface area contributed by atoms with Gasteiger partial charge in [0.1, 0.15) is 22.4 Å². The molecular weight excluding hydrogens is 511 g/mol. The first-order chi connectivity index (χ1) is 16.1. The number of nitrogens with one attached hydrogen (secondary N) is 2. The number of carbonyl (C=O) groups excluding carboxylic acids is 2. The van der Waals surface area contributed by atoms with Gasteiger partial charge in [0.25, 0.3) is 18.2 Å². The van der Waals surface area contributed by atoms with Crippen LogP contribution in [0.4, 0.5) is 14.5 Å². The molecule has 180 valence electrons. The van der Waals surface area contributed by atoms with Gasteiger partial charge in [0, 0.05) is 17.0 Å². The van der Waals surface area contributed by atoms with E-state index in [1.807, 2.05) is 6.92 Å². The Morgan fingerprint density at radius 2 is 1.94 bits per heavy atom. The van der Waals surface area contributed by atoms with Gasteiger partial charge in [-0.2, -0.15) is 5.10 Å². The normalized spacial score (nSPS) is 12.0. The fourth-order valence-electron chi connectivity index (χ4n) is 3.02. The number of rotatable bonds is 8. The lowest BCUT2D eigenvalue weighted by atomic mass is 10.1. The number of nitrogens with zero attached hydrogens (tertiary/aromatic N) is 3. The lowest BCUT2D eigenvalue weighted by Gasteiger charge is -2.15. The molecule has 0 aliphatic carbocycles. The highest BCUT2D eigenvalue weighted by Crippen LogP contribution is 2.28. The summed E-state index contributed by atoms with van der Waals surface area (Å²) in [6, 6.07) is 6.73. The van der Waals surface area contributed by atoms with Crippen LogP contribution in [0.15, 0.2) is 36.5 Å². The smallest absolute Gasteiger partial charge is 0.282 e. The maximum Gasteiger partial charge on any atom is 0.282 e. The standard InChI is InChI=1S/C21H19Cl2F2N5O3S/c1-3-7-34(33)29-20(31)13-9-12(22)8-11(2)17(13)27-21(32)16-10-15(18(24)25)28-30(16)19-14(23)5-4-6-26-19/h4-6,8-10,18H,3,7H2,1-2H3,(H,27,32)(H,29,31). The molecule has 1 aromatic carbocycles. The fourth-order valence-corrected chi connectivity index (χ4v) is 4.29. The molecule has 0 saturated heterocycles. The predicted molar refractivity (Wildman–Crippen MR) is 126 cm³/mol. The molecule has 34 heavy (non-hydrogen) atoms. The molecule has 0 aliphatic rings. The number of hydrogen-bond acceptors (Lipinski definition) is 5. The second kappa shape index (κ2) is 11.0. The zero-order chi connectivity index (χ0) is 25.0. The molecule has 2 aromatic heterocycles. The van der Waals surface area contributed by atoms with Crippen LogP contribution in [0.3, 0.4) is 0 Å². The van der Waals surface area contributed by atoms with Gasteiger partial charge in [-0.25, -0.2) is 22.7 Å². The van der Waals surface area contributed by atoms with Gasteiger partial charge in [-0.3, -0.25) is 14.3 Å². The first kappa shape index (κ1) is 25.7. The number of carbonyl (C=O) groups is 2. The Morgan fingerprint density at radius 1 is 1.21 bits per heavy atom. The average Bonchev–Trinajstić information content (AvgIpc) is 3.21. The van der Waals surface area contributed by atoms with Crippen molar-refractivity contribution in [2.75, 3.05) is 11.1 Å². The number of alkyl halides is 2. The number of halogens is 4. The summed E-state index contributed by atoms with van der Waals surface area (Å²) < 4.78 is 42.0. The van der Waals surface area contributed by atoms with Crippen molar-refractivity contribution in [3.8, 4) is 5.82 Å². The third-order valence-corrected chi connectivity index (χ3v) is 6.21. The highest BCUT2D eigenvalue weighted by molar-refractivity contribution is 7.83. The summed E-state index contributed by atoms with van der Waals surface area (Å²) in [4.78, 5) is 29.9. The Balaban J connectivity index is 2.03. The first-order valence-corrected chi connectivity index (χ1v) is 12.0. The minimum atomic E-state index is -2.96. The van der Waals surface area contributed by atoms with Crippen LogP contribution >= 0.6 is 23.2 Å². The Bertz CT molecular complexity index is 1270. The molecule has 2 N–H and O–H groups in total. The van der Waals surface area contributed by atoms with Gasteiger partial charge in [-0.05, 0) is 49.2 Å². The number of hydrogen-bond donors (Lipinski definition) is 2. The largest absolute Gasteiger partial charge is 0.320 e. The molecule has 2 amide bonds. The molecule has 13 heteroatoms. The highest BCUT2D eigenvalue weighted by atomic mass is 35.5. The number of benzene rings is 1. The summed E-state index contributed by atoms with van der Waals surface area (Å²) in [5.74, 6) is -1.35. The van der Waals surface area contributed by atoms with E-state index in [0.717, 1.165) is 10.7 Å². The van der Waals surface area contributed by atoms with Crippen LogP contribution in [0, 0.1) is 6.92 Å². The average molecular weight is 530 g/mol. The lowest BCUT2D eigenvalue weighted by Crippen LogP contribution is -2.29. The number of aryl methyl sites for hydroxylation is 1. The van der Waals surface area contributed by atoms with E-state index in [4.69, 9.17) is 23.2 Å². The molecule has 8 nitrogen and oxygen atoms in total. The molecule has 1 atom stereocenters. The van der Waals surface area contributed by atoms with E-state index in [9.17, 15) is 22.6 Å². The van der Waals surface area contributed by atoms with E-state index in [0.29, 0.717) is 12.0 Å². The number of pyridine rings is 1. The quantitative estimate of drug-likeness (QED) is 0.432. The zero-order valence-corrected chi connectivity index (χ0v) is 20.3.